The third-order valence-electron chi connectivity index (χ3n) is 2.44. The van der Waals surface area contributed by atoms with Gasteiger partial charge in [-0.2, -0.15) is 0 Å². The molecule has 0 saturated heterocycles. The first-order valence-electron chi connectivity index (χ1n) is 5.04. The highest BCUT2D eigenvalue weighted by molar-refractivity contribution is 9.10. The molecule has 1 heterocycles. The SMILES string of the molecule is Fc1ccc(-c2nc3ccc(Br)cc3s2)cc1. The van der Waals surface area contributed by atoms with Gasteiger partial charge in [0.05, 0.1) is 10.2 Å². The molecule has 0 spiro atoms. The van der Waals surface area contributed by atoms with Gasteiger partial charge >= 0.3 is 0 Å². The topological polar surface area (TPSA) is 12.9 Å². The molecule has 0 aliphatic carbocycles. The van der Waals surface area contributed by atoms with Gasteiger partial charge in [0.1, 0.15) is 10.8 Å². The van der Waals surface area contributed by atoms with E-state index < -0.39 is 0 Å². The Morgan fingerprint density at radius 1 is 1.06 bits per heavy atom. The molecular formula is C13H7BrFNS. The van der Waals surface area contributed by atoms with Gasteiger partial charge in [0.2, 0.25) is 0 Å². The third kappa shape index (κ3) is 2.10. The van der Waals surface area contributed by atoms with E-state index in [1.165, 1.54) is 12.1 Å². The molecule has 17 heavy (non-hydrogen) atoms. The largest absolute Gasteiger partial charge is 0.236 e. The van der Waals surface area contributed by atoms with Crippen molar-refractivity contribution in [3.05, 3.63) is 52.8 Å². The van der Waals surface area contributed by atoms with E-state index in [4.69, 9.17) is 0 Å². The van der Waals surface area contributed by atoms with E-state index in [-0.39, 0.29) is 5.82 Å². The van der Waals surface area contributed by atoms with E-state index in [1.54, 1.807) is 23.5 Å². The fourth-order valence-electron chi connectivity index (χ4n) is 1.61. The van der Waals surface area contributed by atoms with Crippen LogP contribution in [-0.2, 0) is 0 Å². The zero-order valence-corrected chi connectivity index (χ0v) is 11.1. The van der Waals surface area contributed by atoms with Crippen LogP contribution in [0.1, 0.15) is 0 Å². The highest BCUT2D eigenvalue weighted by atomic mass is 79.9. The molecule has 3 aromatic rings. The second kappa shape index (κ2) is 4.20. The predicted octanol–water partition coefficient (Wildman–Crippen LogP) is 4.86. The van der Waals surface area contributed by atoms with Crippen molar-refractivity contribution in [2.75, 3.05) is 0 Å². The van der Waals surface area contributed by atoms with E-state index in [0.717, 1.165) is 25.3 Å². The van der Waals surface area contributed by atoms with Gasteiger partial charge in [-0.1, -0.05) is 15.9 Å². The van der Waals surface area contributed by atoms with Gasteiger partial charge in [0.15, 0.2) is 0 Å². The quantitative estimate of drug-likeness (QED) is 0.625. The van der Waals surface area contributed by atoms with Crippen molar-refractivity contribution < 1.29 is 4.39 Å². The number of hydrogen-bond acceptors (Lipinski definition) is 2. The van der Waals surface area contributed by atoms with Crippen LogP contribution in [0.15, 0.2) is 46.9 Å². The molecule has 0 amide bonds. The third-order valence-corrected chi connectivity index (χ3v) is 4.00. The standard InChI is InChI=1S/C13H7BrFNS/c14-9-3-6-11-12(7-9)17-13(16-11)8-1-4-10(15)5-2-8/h1-7H. The number of rotatable bonds is 1. The molecule has 0 fully saturated rings. The highest BCUT2D eigenvalue weighted by Gasteiger charge is 2.06. The van der Waals surface area contributed by atoms with Crippen LogP contribution in [0.2, 0.25) is 0 Å². The van der Waals surface area contributed by atoms with Crippen LogP contribution in [0.5, 0.6) is 0 Å². The van der Waals surface area contributed by atoms with Crippen LogP contribution >= 0.6 is 27.3 Å². The van der Waals surface area contributed by atoms with Crippen LogP contribution in [-0.4, -0.2) is 4.98 Å². The number of thiazole rings is 1. The Hall–Kier alpha value is -1.26. The molecule has 0 aliphatic heterocycles. The number of nitrogens with zero attached hydrogens (tertiary/aromatic N) is 1. The molecule has 0 saturated carbocycles. The highest BCUT2D eigenvalue weighted by Crippen LogP contribution is 2.31. The molecule has 0 bridgehead atoms. The van der Waals surface area contributed by atoms with Gasteiger partial charge in [-0.05, 0) is 42.5 Å². The molecular weight excluding hydrogens is 301 g/mol. The summed E-state index contributed by atoms with van der Waals surface area (Å²) in [4.78, 5) is 4.53. The zero-order chi connectivity index (χ0) is 11.8. The van der Waals surface area contributed by atoms with Crippen LogP contribution in [0.4, 0.5) is 4.39 Å². The lowest BCUT2D eigenvalue weighted by Gasteiger charge is -1.94. The molecule has 1 aromatic heterocycles. The maximum atomic E-state index is 12.8. The number of aromatic nitrogens is 1. The molecule has 0 N–H and O–H groups in total. The zero-order valence-electron chi connectivity index (χ0n) is 8.65. The Balaban J connectivity index is 2.14. The number of hydrogen-bond donors (Lipinski definition) is 0. The monoisotopic (exact) mass is 307 g/mol. The van der Waals surface area contributed by atoms with E-state index in [1.807, 2.05) is 18.2 Å². The molecule has 0 radical (unpaired) electrons. The molecule has 2 aromatic carbocycles. The van der Waals surface area contributed by atoms with Crippen molar-refractivity contribution in [3.8, 4) is 10.6 Å². The first kappa shape index (κ1) is 10.9. The number of benzene rings is 2. The number of fused-ring (bicyclic) bond motifs is 1. The summed E-state index contributed by atoms with van der Waals surface area (Å²) in [5.74, 6) is -0.224. The van der Waals surface area contributed by atoms with Crippen molar-refractivity contribution in [1.29, 1.82) is 0 Å². The van der Waals surface area contributed by atoms with E-state index in [0.29, 0.717) is 0 Å². The van der Waals surface area contributed by atoms with E-state index in [9.17, 15) is 4.39 Å². The molecule has 84 valence electrons. The fourth-order valence-corrected chi connectivity index (χ4v) is 3.14. The summed E-state index contributed by atoms with van der Waals surface area (Å²) in [6, 6.07) is 12.4. The maximum Gasteiger partial charge on any atom is 0.124 e. The van der Waals surface area contributed by atoms with Crippen LogP contribution in [0.3, 0.4) is 0 Å². The summed E-state index contributed by atoms with van der Waals surface area (Å²) in [7, 11) is 0. The molecule has 0 aliphatic rings. The summed E-state index contributed by atoms with van der Waals surface area (Å²) < 4.78 is 15.0. The molecule has 3 rings (SSSR count). The average molecular weight is 308 g/mol. The second-order valence-corrected chi connectivity index (χ2v) is 5.58. The van der Waals surface area contributed by atoms with Crippen molar-refractivity contribution in [2.45, 2.75) is 0 Å². The van der Waals surface area contributed by atoms with E-state index in [2.05, 4.69) is 20.9 Å². The van der Waals surface area contributed by atoms with Gasteiger partial charge in [-0.15, -0.1) is 11.3 Å². The smallest absolute Gasteiger partial charge is 0.124 e. The Morgan fingerprint density at radius 3 is 2.59 bits per heavy atom. The van der Waals surface area contributed by atoms with Gasteiger partial charge in [0, 0.05) is 10.0 Å². The Bertz CT molecular complexity index is 675. The van der Waals surface area contributed by atoms with Crippen LogP contribution < -0.4 is 0 Å². The minimum Gasteiger partial charge on any atom is -0.236 e. The summed E-state index contributed by atoms with van der Waals surface area (Å²) in [5.41, 5.74) is 1.92. The average Bonchev–Trinajstić information content (AvgIpc) is 2.72. The first-order valence-corrected chi connectivity index (χ1v) is 6.65. The van der Waals surface area contributed by atoms with Crippen LogP contribution in [0.25, 0.3) is 20.8 Å². The molecule has 1 nitrogen and oxygen atoms in total. The van der Waals surface area contributed by atoms with Gasteiger partial charge in [-0.25, -0.2) is 9.37 Å². The normalized spacial score (nSPS) is 10.9. The van der Waals surface area contributed by atoms with Crippen molar-refractivity contribution in [2.24, 2.45) is 0 Å². The lowest BCUT2D eigenvalue weighted by molar-refractivity contribution is 0.628. The van der Waals surface area contributed by atoms with Crippen LogP contribution in [0, 0.1) is 5.82 Å². The van der Waals surface area contributed by atoms with Gasteiger partial charge < -0.3 is 0 Å². The van der Waals surface area contributed by atoms with E-state index >= 15 is 0 Å². The minimum absolute atomic E-state index is 0.224. The van der Waals surface area contributed by atoms with Gasteiger partial charge in [0.25, 0.3) is 0 Å². The van der Waals surface area contributed by atoms with Crippen molar-refractivity contribution in [3.63, 3.8) is 0 Å². The van der Waals surface area contributed by atoms with Crippen molar-refractivity contribution >= 4 is 37.5 Å². The summed E-state index contributed by atoms with van der Waals surface area (Å²) in [5, 5.41) is 0.915. The maximum absolute atomic E-state index is 12.8. The number of halogens is 2. The first-order chi connectivity index (χ1) is 8.22. The summed E-state index contributed by atoms with van der Waals surface area (Å²) >= 11 is 5.04. The Morgan fingerprint density at radius 2 is 1.82 bits per heavy atom. The molecule has 0 unspecified atom stereocenters. The Kier molecular flexibility index (Phi) is 2.68. The molecule has 0 atom stereocenters. The van der Waals surface area contributed by atoms with Crippen molar-refractivity contribution in [1.82, 2.24) is 4.98 Å². The Labute approximate surface area is 110 Å². The van der Waals surface area contributed by atoms with Gasteiger partial charge in [-0.3, -0.25) is 0 Å². The summed E-state index contributed by atoms with van der Waals surface area (Å²) in [6.07, 6.45) is 0. The predicted molar refractivity (Wildman–Crippen MR) is 72.7 cm³/mol. The minimum atomic E-state index is -0.224. The second-order valence-electron chi connectivity index (χ2n) is 3.64. The lowest BCUT2D eigenvalue weighted by atomic mass is 10.2. The lowest BCUT2D eigenvalue weighted by Crippen LogP contribution is -1.76. The summed E-state index contributed by atoms with van der Waals surface area (Å²) in [6.45, 7) is 0. The molecule has 4 heteroatoms. The fraction of sp³-hybridized carbons (Fsp3) is 0.